The van der Waals surface area contributed by atoms with E-state index in [2.05, 4.69) is 21.3 Å². The Bertz CT molecular complexity index is 2520. The molecule has 0 aromatic heterocycles. The van der Waals surface area contributed by atoms with Crippen LogP contribution < -0.4 is 21.3 Å². The monoisotopic (exact) mass is 1320 g/mol. The Labute approximate surface area is 555 Å². The molecular weight excluding hydrogens is 1200 g/mol. The molecule has 0 spiro atoms. The van der Waals surface area contributed by atoms with E-state index < -0.39 is 160 Å². The van der Waals surface area contributed by atoms with Crippen molar-refractivity contribution in [2.24, 2.45) is 35.5 Å². The predicted molar refractivity (Wildman–Crippen MR) is 360 cm³/mol. The lowest BCUT2D eigenvalue weighted by Crippen LogP contribution is -2.64. The van der Waals surface area contributed by atoms with Gasteiger partial charge >= 0.3 is 0 Å². The third kappa shape index (κ3) is 24.2. The van der Waals surface area contributed by atoms with Crippen molar-refractivity contribution in [1.29, 1.82) is 0 Å². The Hall–Kier alpha value is -5.86. The molecule has 1 rings (SSSR count). The summed E-state index contributed by atoms with van der Waals surface area (Å²) in [6.45, 7) is 29.3. The fraction of sp³-hybridized carbons (Fsp3) is 0.803. The number of allylic oxidation sites excluding steroid dienone is 2. The van der Waals surface area contributed by atoms with Crippen molar-refractivity contribution in [1.82, 2.24) is 60.5 Å². The van der Waals surface area contributed by atoms with Gasteiger partial charge < -0.3 is 70.7 Å². The lowest BCUT2D eigenvalue weighted by atomic mass is 9.91. The second-order valence-electron chi connectivity index (χ2n) is 28.2. The fourth-order valence-corrected chi connectivity index (χ4v) is 12.6. The molecule has 1 saturated heterocycles. The van der Waals surface area contributed by atoms with Crippen LogP contribution >= 0.6 is 11.8 Å². The second kappa shape index (κ2) is 37.9. The van der Waals surface area contributed by atoms with Gasteiger partial charge in [0.2, 0.25) is 59.1 Å². The molecule has 0 aliphatic carbocycles. The molecule has 1 fully saturated rings. The first-order valence-electron chi connectivity index (χ1n) is 32.7. The van der Waals surface area contributed by atoms with Gasteiger partial charge in [-0.15, -0.1) is 11.8 Å². The lowest BCUT2D eigenvalue weighted by Gasteiger charge is -2.41. The van der Waals surface area contributed by atoms with Crippen molar-refractivity contribution in [3.63, 3.8) is 0 Å². The Balaban J connectivity index is 4.55. The highest BCUT2D eigenvalue weighted by atomic mass is 32.2. The molecule has 26 heteroatoms. The van der Waals surface area contributed by atoms with Crippen molar-refractivity contribution < 1.29 is 63.0 Å². The SMILES string of the molecule is C/C=C/CC(C)C(O)[C@H]1C(=O)N[C@@H](CC)C(=O)N(C)[C@H](SCCN(C)C)C(=O)N(C)[C@@H](CC(C)(C)O)C(=O)N[C@@H](C(C)C)C(=O)N(C)[C@@H](CC(C)C)C(=O)N[C@@H](C)C(=O)N[C@H](C)C(=O)N(C)[C@@H](CC(C)C)C(=O)N(C)[C@@H](CC(C)C)C(=O)N(C)[C@@H](C(C)C)C(=O)N1C. The maximum absolute atomic E-state index is 15.3. The average molecular weight is 1320 g/mol. The molecular formula is C66H120N12O13S. The minimum absolute atomic E-state index is 0.0323. The molecule has 2 unspecified atom stereocenters. The maximum Gasteiger partial charge on any atom is 0.256 e. The van der Waals surface area contributed by atoms with Gasteiger partial charge in [-0.3, -0.25) is 52.7 Å². The van der Waals surface area contributed by atoms with Gasteiger partial charge in [0.15, 0.2) is 5.37 Å². The maximum atomic E-state index is 15.3. The molecule has 0 aromatic rings. The minimum Gasteiger partial charge on any atom is -0.390 e. The van der Waals surface area contributed by atoms with Crippen LogP contribution in [0.15, 0.2) is 12.2 Å². The number of rotatable bonds is 19. The summed E-state index contributed by atoms with van der Waals surface area (Å²) >= 11 is 1.09. The predicted octanol–water partition coefficient (Wildman–Crippen LogP) is 3.00. The number of nitrogens with one attached hydrogen (secondary N) is 4. The standard InChI is InChI=1S/C66H120N12O13S/c1-27-29-30-42(13)53(79)52-57(83)69-45(28-2)59(85)78(26)65(92-32-31-71(18)19)64(90)75(23)49(36-66(16,17)91)56(82)70-50(40(9)10)62(88)72(20)46(33-37(3)4)55(81)67-43(14)54(80)68-44(15)58(84)73(21)47(34-38(5)6)60(86)74(22)48(35-39(7)8)61(87)76(24)51(41(11)12)63(89)77(52)25/h27,29,37-53,65,79,91H,28,30-36H2,1-26H3,(H,67,81)(H,68,80)(H,69,83)(H,70,82)/b29-27+/t42?,43-,44+,45-,46-,47-,48-,49-,50-,51-,52-,53?,65+/m0/s1. The van der Waals surface area contributed by atoms with E-state index in [1.54, 1.807) is 60.6 Å². The zero-order valence-corrected chi connectivity index (χ0v) is 61.4. The molecule has 92 heavy (non-hydrogen) atoms. The lowest BCUT2D eigenvalue weighted by molar-refractivity contribution is -0.157. The number of carbonyl (C=O) groups excluding carboxylic acids is 11. The fourth-order valence-electron chi connectivity index (χ4n) is 11.2. The van der Waals surface area contributed by atoms with E-state index in [9.17, 15) is 34.2 Å². The molecule has 0 saturated carbocycles. The van der Waals surface area contributed by atoms with Gasteiger partial charge in [0.25, 0.3) is 5.91 Å². The number of nitrogens with zero attached hydrogens (tertiary/aromatic N) is 8. The molecule has 25 nitrogen and oxygen atoms in total. The Morgan fingerprint density at radius 3 is 1.42 bits per heavy atom. The molecule has 11 amide bonds. The normalized spacial score (nSPS) is 26.8. The third-order valence-electron chi connectivity index (χ3n) is 17.0. The zero-order valence-electron chi connectivity index (χ0n) is 60.6. The molecule has 1 heterocycles. The summed E-state index contributed by atoms with van der Waals surface area (Å²) in [5.74, 6) is -10.1. The molecule has 0 bridgehead atoms. The topological polar surface area (TPSA) is 302 Å². The summed E-state index contributed by atoms with van der Waals surface area (Å²) in [5.41, 5.74) is -1.58. The van der Waals surface area contributed by atoms with E-state index in [1.807, 2.05) is 60.5 Å². The first kappa shape index (κ1) is 84.2. The van der Waals surface area contributed by atoms with E-state index in [4.69, 9.17) is 0 Å². The van der Waals surface area contributed by atoms with Gasteiger partial charge in [0, 0.05) is 68.1 Å². The van der Waals surface area contributed by atoms with Crippen LogP contribution in [0.2, 0.25) is 0 Å². The molecule has 528 valence electrons. The largest absolute Gasteiger partial charge is 0.390 e. The number of hydrogen-bond acceptors (Lipinski definition) is 15. The summed E-state index contributed by atoms with van der Waals surface area (Å²) in [5, 5.41) is 33.2. The quantitative estimate of drug-likeness (QED) is 0.101. The summed E-state index contributed by atoms with van der Waals surface area (Å²) in [6.07, 6.45) is 2.34. The molecule has 1 aliphatic heterocycles. The number of hydrogen-bond donors (Lipinski definition) is 6. The number of likely N-dealkylation sites (N-methyl/N-ethyl adjacent to an activating group) is 7. The number of thioether (sulfide) groups is 1. The van der Waals surface area contributed by atoms with Crippen molar-refractivity contribution in [3.8, 4) is 0 Å². The van der Waals surface area contributed by atoms with E-state index in [0.29, 0.717) is 12.3 Å². The molecule has 0 aromatic carbocycles. The highest BCUT2D eigenvalue weighted by molar-refractivity contribution is 8.00. The molecule has 6 N–H and O–H groups in total. The van der Waals surface area contributed by atoms with Crippen LogP contribution in [0.3, 0.4) is 0 Å². The van der Waals surface area contributed by atoms with Crippen LogP contribution in [0, 0.1) is 35.5 Å². The van der Waals surface area contributed by atoms with E-state index >= 15 is 28.8 Å². The van der Waals surface area contributed by atoms with Crippen LogP contribution in [0.5, 0.6) is 0 Å². The van der Waals surface area contributed by atoms with E-state index in [0.717, 1.165) is 26.5 Å². The summed E-state index contributed by atoms with van der Waals surface area (Å²) in [7, 11) is 13.5. The van der Waals surface area contributed by atoms with Gasteiger partial charge in [-0.1, -0.05) is 95.2 Å². The van der Waals surface area contributed by atoms with Gasteiger partial charge in [-0.25, -0.2) is 0 Å². The van der Waals surface area contributed by atoms with Crippen LogP contribution in [-0.4, -0.2) is 268 Å². The minimum atomic E-state index is -1.66. The third-order valence-corrected chi connectivity index (χ3v) is 18.3. The van der Waals surface area contributed by atoms with Crippen LogP contribution in [0.1, 0.15) is 156 Å². The van der Waals surface area contributed by atoms with Crippen LogP contribution in [-0.2, 0) is 52.7 Å². The number of carbonyl (C=O) groups is 11. The van der Waals surface area contributed by atoms with Crippen molar-refractivity contribution in [2.45, 2.75) is 234 Å². The molecule has 0 radical (unpaired) electrons. The van der Waals surface area contributed by atoms with Gasteiger partial charge in [0.05, 0.1) is 11.7 Å². The first-order chi connectivity index (χ1) is 42.3. The Morgan fingerprint density at radius 2 is 0.967 bits per heavy atom. The second-order valence-corrected chi connectivity index (χ2v) is 29.4. The van der Waals surface area contributed by atoms with Crippen molar-refractivity contribution in [3.05, 3.63) is 12.2 Å². The van der Waals surface area contributed by atoms with Gasteiger partial charge in [-0.05, 0) is 116 Å². The van der Waals surface area contributed by atoms with E-state index in [-0.39, 0.29) is 56.3 Å². The molecule has 1 aliphatic rings. The zero-order chi connectivity index (χ0) is 71.5. The number of amides is 11. The Kier molecular flexibility index (Phi) is 34.7. The van der Waals surface area contributed by atoms with Crippen molar-refractivity contribution >= 4 is 76.7 Å². The van der Waals surface area contributed by atoms with Crippen LogP contribution in [0.4, 0.5) is 0 Å². The Morgan fingerprint density at radius 1 is 0.522 bits per heavy atom. The van der Waals surface area contributed by atoms with Gasteiger partial charge in [-0.2, -0.15) is 0 Å². The number of aliphatic hydroxyl groups is 2. The summed E-state index contributed by atoms with van der Waals surface area (Å²) < 4.78 is 0. The highest BCUT2D eigenvalue weighted by Crippen LogP contribution is 2.28. The number of aliphatic hydroxyl groups excluding tert-OH is 1. The average Bonchev–Trinajstić information content (AvgIpc) is 0.830. The summed E-state index contributed by atoms with van der Waals surface area (Å²) in [6, 6.07) is -13.1. The van der Waals surface area contributed by atoms with E-state index in [1.165, 1.54) is 96.6 Å². The van der Waals surface area contributed by atoms with Gasteiger partial charge in [0.1, 0.15) is 60.4 Å². The van der Waals surface area contributed by atoms with Crippen LogP contribution in [0.25, 0.3) is 0 Å². The smallest absolute Gasteiger partial charge is 0.256 e. The summed E-state index contributed by atoms with van der Waals surface area (Å²) in [4.78, 5) is 174. The molecule has 13 atom stereocenters. The van der Waals surface area contributed by atoms with Crippen molar-refractivity contribution in [2.75, 3.05) is 75.7 Å². The highest BCUT2D eigenvalue weighted by Gasteiger charge is 2.47. The first-order valence-corrected chi connectivity index (χ1v) is 33.7.